The van der Waals surface area contributed by atoms with Gasteiger partial charge in [-0.2, -0.15) is 0 Å². The number of carbonyl (C=O) groups is 1. The zero-order valence-electron chi connectivity index (χ0n) is 8.87. The van der Waals surface area contributed by atoms with Crippen molar-refractivity contribution < 1.29 is 14.3 Å². The van der Waals surface area contributed by atoms with Gasteiger partial charge >= 0.3 is 5.97 Å². The Hall–Kier alpha value is -0.610. The molecule has 0 aromatic heterocycles. The van der Waals surface area contributed by atoms with Crippen molar-refractivity contribution in [1.82, 2.24) is 5.32 Å². The molecule has 80 valence electrons. The fourth-order valence-corrected chi connectivity index (χ4v) is 2.55. The van der Waals surface area contributed by atoms with E-state index < -0.39 is 0 Å². The molecule has 2 saturated heterocycles. The second kappa shape index (κ2) is 3.21. The zero-order chi connectivity index (χ0) is 10.3. The number of fused-ring (bicyclic) bond motifs is 1. The Balaban J connectivity index is 2.08. The summed E-state index contributed by atoms with van der Waals surface area (Å²) in [7, 11) is 1.43. The smallest absolute Gasteiger partial charge is 0.323 e. The predicted molar refractivity (Wildman–Crippen MR) is 50.9 cm³/mol. The molecule has 0 radical (unpaired) electrons. The molecule has 2 fully saturated rings. The van der Waals surface area contributed by atoms with E-state index in [0.29, 0.717) is 0 Å². The van der Waals surface area contributed by atoms with Crippen molar-refractivity contribution in [2.75, 3.05) is 13.7 Å². The summed E-state index contributed by atoms with van der Waals surface area (Å²) in [5.41, 5.74) is -0.0935. The van der Waals surface area contributed by atoms with Gasteiger partial charge in [0.15, 0.2) is 0 Å². The van der Waals surface area contributed by atoms with Crippen LogP contribution in [0.3, 0.4) is 0 Å². The van der Waals surface area contributed by atoms with Crippen LogP contribution in [-0.4, -0.2) is 37.4 Å². The van der Waals surface area contributed by atoms with Crippen LogP contribution in [0.5, 0.6) is 0 Å². The second-order valence-corrected chi connectivity index (χ2v) is 4.69. The largest absolute Gasteiger partial charge is 0.468 e. The topological polar surface area (TPSA) is 47.6 Å². The van der Waals surface area contributed by atoms with Crippen LogP contribution in [0, 0.1) is 5.92 Å². The average molecular weight is 199 g/mol. The molecule has 2 aliphatic heterocycles. The minimum absolute atomic E-state index is 0.0935. The molecule has 0 aromatic rings. The van der Waals surface area contributed by atoms with Gasteiger partial charge in [0.25, 0.3) is 0 Å². The van der Waals surface area contributed by atoms with Gasteiger partial charge in [0.1, 0.15) is 6.04 Å². The molecule has 2 heterocycles. The van der Waals surface area contributed by atoms with E-state index >= 15 is 0 Å². The Bertz CT molecular complexity index is 252. The summed E-state index contributed by atoms with van der Waals surface area (Å²) in [4.78, 5) is 11.4. The fraction of sp³-hybridized carbons (Fsp3) is 0.900. The summed E-state index contributed by atoms with van der Waals surface area (Å²) in [6.45, 7) is 4.90. The van der Waals surface area contributed by atoms with E-state index in [1.165, 1.54) is 7.11 Å². The summed E-state index contributed by atoms with van der Waals surface area (Å²) in [5.74, 6) is 0.108. The van der Waals surface area contributed by atoms with E-state index in [9.17, 15) is 4.79 Å². The molecule has 2 aliphatic rings. The maximum absolute atomic E-state index is 11.4. The summed E-state index contributed by atoms with van der Waals surface area (Å²) in [5, 5.41) is 3.15. The molecule has 0 unspecified atom stereocenters. The van der Waals surface area contributed by atoms with Crippen LogP contribution in [0.4, 0.5) is 0 Å². The lowest BCUT2D eigenvalue weighted by atomic mass is 9.91. The highest BCUT2D eigenvalue weighted by atomic mass is 16.5. The molecule has 0 aliphatic carbocycles. The molecule has 14 heavy (non-hydrogen) atoms. The molecular weight excluding hydrogens is 182 g/mol. The Kier molecular flexibility index (Phi) is 2.27. The molecule has 0 aromatic carbocycles. The number of carbonyl (C=O) groups excluding carboxylic acids is 1. The molecule has 0 saturated carbocycles. The first-order valence-electron chi connectivity index (χ1n) is 5.02. The maximum atomic E-state index is 11.4. The SMILES string of the molecule is COC(=O)[C@H]1NC[C@@H]2OC(C)(C)C[C@@H]21. The third-order valence-electron chi connectivity index (χ3n) is 3.10. The van der Waals surface area contributed by atoms with Crippen LogP contribution in [0.15, 0.2) is 0 Å². The third-order valence-corrected chi connectivity index (χ3v) is 3.10. The number of hydrogen-bond acceptors (Lipinski definition) is 4. The van der Waals surface area contributed by atoms with Gasteiger partial charge in [-0.1, -0.05) is 0 Å². The normalized spacial score (nSPS) is 39.5. The van der Waals surface area contributed by atoms with Crippen molar-refractivity contribution in [2.24, 2.45) is 5.92 Å². The van der Waals surface area contributed by atoms with Gasteiger partial charge in [-0.3, -0.25) is 4.79 Å². The van der Waals surface area contributed by atoms with E-state index in [1.807, 2.05) is 0 Å². The molecule has 3 atom stereocenters. The first-order chi connectivity index (χ1) is 6.53. The lowest BCUT2D eigenvalue weighted by Crippen LogP contribution is -2.38. The first kappa shape index (κ1) is 9.93. The third kappa shape index (κ3) is 1.53. The molecule has 0 spiro atoms. The molecule has 0 amide bonds. The maximum Gasteiger partial charge on any atom is 0.323 e. The second-order valence-electron chi connectivity index (χ2n) is 4.69. The van der Waals surface area contributed by atoms with Crippen molar-refractivity contribution in [3.8, 4) is 0 Å². The lowest BCUT2D eigenvalue weighted by Gasteiger charge is -2.20. The average Bonchev–Trinajstić information content (AvgIpc) is 2.58. The zero-order valence-corrected chi connectivity index (χ0v) is 8.87. The van der Waals surface area contributed by atoms with E-state index in [1.54, 1.807) is 0 Å². The van der Waals surface area contributed by atoms with Gasteiger partial charge in [0.2, 0.25) is 0 Å². The first-order valence-corrected chi connectivity index (χ1v) is 5.02. The van der Waals surface area contributed by atoms with E-state index in [0.717, 1.165) is 13.0 Å². The molecule has 1 N–H and O–H groups in total. The number of nitrogens with one attached hydrogen (secondary N) is 1. The van der Waals surface area contributed by atoms with Crippen LogP contribution < -0.4 is 5.32 Å². The van der Waals surface area contributed by atoms with Crippen molar-refractivity contribution in [1.29, 1.82) is 0 Å². The summed E-state index contributed by atoms with van der Waals surface area (Å²) in [6, 6.07) is -0.174. The Labute approximate surface area is 84.0 Å². The summed E-state index contributed by atoms with van der Waals surface area (Å²) >= 11 is 0. The van der Waals surface area contributed by atoms with Crippen molar-refractivity contribution in [2.45, 2.75) is 38.0 Å². The summed E-state index contributed by atoms with van der Waals surface area (Å²) in [6.07, 6.45) is 1.10. The highest BCUT2D eigenvalue weighted by Crippen LogP contribution is 2.39. The Morgan fingerprint density at radius 3 is 2.93 bits per heavy atom. The predicted octanol–water partition coefficient (Wildman–Crippen LogP) is 0.315. The summed E-state index contributed by atoms with van der Waals surface area (Å²) < 4.78 is 10.6. The van der Waals surface area contributed by atoms with Gasteiger partial charge in [0, 0.05) is 12.5 Å². The van der Waals surface area contributed by atoms with Crippen LogP contribution in [0.2, 0.25) is 0 Å². The van der Waals surface area contributed by atoms with E-state index in [4.69, 9.17) is 9.47 Å². The van der Waals surface area contributed by atoms with E-state index in [-0.39, 0.29) is 29.6 Å². The molecular formula is C10H17NO3. The van der Waals surface area contributed by atoms with Gasteiger partial charge in [0.05, 0.1) is 18.8 Å². The quantitative estimate of drug-likeness (QED) is 0.618. The van der Waals surface area contributed by atoms with Gasteiger partial charge in [-0.25, -0.2) is 0 Å². The minimum Gasteiger partial charge on any atom is -0.468 e. The van der Waals surface area contributed by atoms with Crippen LogP contribution in [0.25, 0.3) is 0 Å². The number of ether oxygens (including phenoxy) is 2. The van der Waals surface area contributed by atoms with Gasteiger partial charge in [-0.05, 0) is 20.3 Å². The molecule has 2 rings (SSSR count). The Morgan fingerprint density at radius 2 is 2.29 bits per heavy atom. The molecule has 4 heteroatoms. The van der Waals surface area contributed by atoms with Crippen LogP contribution in [0.1, 0.15) is 20.3 Å². The van der Waals surface area contributed by atoms with Crippen molar-refractivity contribution in [3.63, 3.8) is 0 Å². The Morgan fingerprint density at radius 1 is 1.57 bits per heavy atom. The highest BCUT2D eigenvalue weighted by Gasteiger charge is 2.50. The number of methoxy groups -OCH3 is 1. The molecule has 0 bridgehead atoms. The van der Waals surface area contributed by atoms with E-state index in [2.05, 4.69) is 19.2 Å². The van der Waals surface area contributed by atoms with Crippen molar-refractivity contribution >= 4 is 5.97 Å². The highest BCUT2D eigenvalue weighted by molar-refractivity contribution is 5.76. The minimum atomic E-state index is -0.174. The fourth-order valence-electron chi connectivity index (χ4n) is 2.55. The molecule has 4 nitrogen and oxygen atoms in total. The van der Waals surface area contributed by atoms with Gasteiger partial charge in [-0.15, -0.1) is 0 Å². The number of rotatable bonds is 1. The van der Waals surface area contributed by atoms with Crippen LogP contribution >= 0.6 is 0 Å². The van der Waals surface area contributed by atoms with Crippen LogP contribution in [-0.2, 0) is 14.3 Å². The monoisotopic (exact) mass is 199 g/mol. The number of esters is 1. The van der Waals surface area contributed by atoms with Gasteiger partial charge < -0.3 is 14.8 Å². The standard InChI is InChI=1S/C10H17NO3/c1-10(2)4-6-7(14-10)5-11-8(6)9(12)13-3/h6-8,11H,4-5H2,1-3H3/t6-,7-,8-/m0/s1. The number of hydrogen-bond donors (Lipinski definition) is 1. The van der Waals surface area contributed by atoms with Crippen molar-refractivity contribution in [3.05, 3.63) is 0 Å². The lowest BCUT2D eigenvalue weighted by molar-refractivity contribution is -0.143.